The van der Waals surface area contributed by atoms with E-state index in [0.717, 1.165) is 46.8 Å². The smallest absolute Gasteiger partial charge is 0.300 e. The molecule has 2 amide bonds. The number of rotatable bonds is 4. The summed E-state index contributed by atoms with van der Waals surface area (Å²) in [6.07, 6.45) is 5.82. The average Bonchev–Trinajstić information content (AvgIpc) is 3.34. The Labute approximate surface area is 206 Å². The van der Waals surface area contributed by atoms with Crippen LogP contribution in [0.1, 0.15) is 48.3 Å². The van der Waals surface area contributed by atoms with Gasteiger partial charge in [-0.05, 0) is 24.1 Å². The lowest BCUT2D eigenvalue weighted by Gasteiger charge is -2.08. The molecule has 36 heavy (non-hydrogen) atoms. The molecule has 3 heterocycles. The minimum atomic E-state index is -0.833. The van der Waals surface area contributed by atoms with Crippen LogP contribution in [0.4, 0.5) is 5.69 Å². The second-order valence-corrected chi connectivity index (χ2v) is 8.39. The Morgan fingerprint density at radius 3 is 2.61 bits per heavy atom. The monoisotopic (exact) mass is 486 g/mol. The normalized spacial score (nSPS) is 17.2. The Morgan fingerprint density at radius 1 is 1.17 bits per heavy atom. The third kappa shape index (κ3) is 4.74. The predicted octanol–water partition coefficient (Wildman–Crippen LogP) is 4.10. The number of hydrazone groups is 1. The molecule has 0 bridgehead atoms. The third-order valence-electron chi connectivity index (χ3n) is 5.92. The summed E-state index contributed by atoms with van der Waals surface area (Å²) in [7, 11) is 0. The molecule has 2 atom stereocenters. The van der Waals surface area contributed by atoms with Gasteiger partial charge in [-0.2, -0.15) is 5.10 Å². The fourth-order valence-corrected chi connectivity index (χ4v) is 4.32. The van der Waals surface area contributed by atoms with Gasteiger partial charge in [-0.25, -0.2) is 10.4 Å². The van der Waals surface area contributed by atoms with Crippen molar-refractivity contribution in [1.29, 1.82) is 0 Å². The van der Waals surface area contributed by atoms with Crippen LogP contribution in [0.5, 0.6) is 0 Å². The van der Waals surface area contributed by atoms with Crippen LogP contribution in [-0.2, 0) is 9.59 Å². The van der Waals surface area contributed by atoms with E-state index < -0.39 is 5.97 Å². The van der Waals surface area contributed by atoms with Gasteiger partial charge < -0.3 is 20.4 Å². The summed E-state index contributed by atoms with van der Waals surface area (Å²) in [5.74, 6) is -1.15. The zero-order chi connectivity index (χ0) is 24.5. The van der Waals surface area contributed by atoms with Crippen molar-refractivity contribution < 1.29 is 19.5 Å². The summed E-state index contributed by atoms with van der Waals surface area (Å²) < 4.78 is 0. The fourth-order valence-electron chi connectivity index (χ4n) is 4.32. The Hall–Kier alpha value is -4.73. The Balaban J connectivity index is 0.000000569. The molecule has 1 aliphatic carbocycles. The molecule has 2 aliphatic rings. The summed E-state index contributed by atoms with van der Waals surface area (Å²) in [6, 6.07) is 13.5. The van der Waals surface area contributed by atoms with Crippen molar-refractivity contribution in [3.05, 3.63) is 71.8 Å². The molecule has 10 heteroatoms. The number of nitrogens with one attached hydrogen (secondary N) is 4. The molecule has 184 valence electrons. The number of aromatic amines is 2. The van der Waals surface area contributed by atoms with Crippen LogP contribution in [0, 0.1) is 5.92 Å². The first kappa shape index (κ1) is 24.4. The fraction of sp³-hybridized carbons (Fsp3) is 0.192. The lowest BCUT2D eigenvalue weighted by atomic mass is 10.0. The van der Waals surface area contributed by atoms with Crippen molar-refractivity contribution in [2.24, 2.45) is 11.0 Å². The number of carbonyl (C=O) groups excluding carboxylic acids is 2. The van der Waals surface area contributed by atoms with Gasteiger partial charge in [-0.1, -0.05) is 37.8 Å². The zero-order valence-corrected chi connectivity index (χ0v) is 18.7. The second-order valence-electron chi connectivity index (χ2n) is 8.39. The van der Waals surface area contributed by atoms with Gasteiger partial charge in [0, 0.05) is 52.8 Å². The van der Waals surface area contributed by atoms with E-state index in [1.807, 2.05) is 36.4 Å². The standard InChI is InChI=1S/C23H18N6O2.C2H4O2.CH4/c30-22(15-8-14(15)19-10-24-11-25-19)27-13-6-16-20-17(9-26-29-23(16)31)21(28-18(20)7-13)12-4-2-1-3-5-12;1-2(3)4;/h1-7,9-11,14-15,28H,8H2,(H,24,25)(H,27,30)(H,29,31);1H3,(H,3,4);1H4. The quantitative estimate of drug-likeness (QED) is 0.294. The van der Waals surface area contributed by atoms with Crippen molar-refractivity contribution in [1.82, 2.24) is 20.4 Å². The van der Waals surface area contributed by atoms with Crippen LogP contribution in [-0.4, -0.2) is 44.1 Å². The average molecular weight is 487 g/mol. The van der Waals surface area contributed by atoms with E-state index in [1.165, 1.54) is 0 Å². The molecule has 1 saturated carbocycles. The highest BCUT2D eigenvalue weighted by Gasteiger charge is 2.45. The molecule has 0 radical (unpaired) electrons. The molecular formula is C26H26N6O4. The first-order valence-electron chi connectivity index (χ1n) is 11.0. The number of anilines is 1. The SMILES string of the molecule is C.CC(=O)O.O=C1NN=Cc2c(-c3ccccc3)[nH]c3cc(NC(=O)C4CC4c4cnc[nH]4)cc1c23. The first-order valence-corrected chi connectivity index (χ1v) is 11.0. The molecule has 0 spiro atoms. The van der Waals surface area contributed by atoms with Gasteiger partial charge in [0.25, 0.3) is 11.9 Å². The summed E-state index contributed by atoms with van der Waals surface area (Å²) >= 11 is 0. The number of imidazole rings is 1. The van der Waals surface area contributed by atoms with E-state index in [2.05, 4.69) is 30.8 Å². The lowest BCUT2D eigenvalue weighted by Crippen LogP contribution is -2.18. The zero-order valence-electron chi connectivity index (χ0n) is 18.7. The van der Waals surface area contributed by atoms with Gasteiger partial charge in [0.15, 0.2) is 0 Å². The highest BCUT2D eigenvalue weighted by Crippen LogP contribution is 2.47. The number of carbonyl (C=O) groups is 3. The van der Waals surface area contributed by atoms with Crippen LogP contribution >= 0.6 is 0 Å². The third-order valence-corrected chi connectivity index (χ3v) is 5.92. The summed E-state index contributed by atoms with van der Waals surface area (Å²) in [5.41, 5.74) is 8.05. The summed E-state index contributed by atoms with van der Waals surface area (Å²) in [4.78, 5) is 45.0. The van der Waals surface area contributed by atoms with E-state index in [1.54, 1.807) is 24.8 Å². The Kier molecular flexibility index (Phi) is 6.69. The maximum absolute atomic E-state index is 12.8. The van der Waals surface area contributed by atoms with Gasteiger partial charge in [0.05, 0.1) is 23.8 Å². The molecule has 0 saturated heterocycles. The van der Waals surface area contributed by atoms with Gasteiger partial charge in [0.1, 0.15) is 0 Å². The van der Waals surface area contributed by atoms with E-state index in [4.69, 9.17) is 9.90 Å². The van der Waals surface area contributed by atoms with Crippen LogP contribution in [0.2, 0.25) is 0 Å². The highest BCUT2D eigenvalue weighted by atomic mass is 16.4. The number of benzene rings is 2. The summed E-state index contributed by atoms with van der Waals surface area (Å²) in [5, 5.41) is 15.3. The van der Waals surface area contributed by atoms with E-state index >= 15 is 0 Å². The Bertz CT molecular complexity index is 1450. The molecule has 1 aliphatic heterocycles. The minimum absolute atomic E-state index is 0. The number of amides is 2. The first-order chi connectivity index (χ1) is 16.9. The van der Waals surface area contributed by atoms with Gasteiger partial charge >= 0.3 is 0 Å². The van der Waals surface area contributed by atoms with Crippen LogP contribution in [0.15, 0.2) is 60.1 Å². The molecule has 2 aromatic heterocycles. The molecule has 10 nitrogen and oxygen atoms in total. The number of carboxylic acids is 1. The number of hydrogen-bond acceptors (Lipinski definition) is 5. The molecular weight excluding hydrogens is 460 g/mol. The number of H-pyrrole nitrogens is 2. The molecule has 1 fully saturated rings. The number of nitrogens with zero attached hydrogens (tertiary/aromatic N) is 2. The number of aliphatic carboxylic acids is 1. The van der Waals surface area contributed by atoms with Gasteiger partial charge in [-0.15, -0.1) is 0 Å². The predicted molar refractivity (Wildman–Crippen MR) is 137 cm³/mol. The van der Waals surface area contributed by atoms with E-state index in [0.29, 0.717) is 11.3 Å². The molecule has 4 aromatic rings. The second kappa shape index (κ2) is 9.87. The number of carboxylic acid groups (broad SMARTS) is 1. The van der Waals surface area contributed by atoms with Crippen LogP contribution in [0.25, 0.3) is 22.2 Å². The van der Waals surface area contributed by atoms with E-state index in [-0.39, 0.29) is 31.1 Å². The largest absolute Gasteiger partial charge is 0.481 e. The summed E-state index contributed by atoms with van der Waals surface area (Å²) in [6.45, 7) is 1.08. The van der Waals surface area contributed by atoms with Crippen molar-refractivity contribution in [3.8, 4) is 11.3 Å². The minimum Gasteiger partial charge on any atom is -0.481 e. The maximum Gasteiger partial charge on any atom is 0.300 e. The molecule has 6 rings (SSSR count). The topological polar surface area (TPSA) is 152 Å². The molecule has 5 N–H and O–H groups in total. The number of aromatic nitrogens is 3. The van der Waals surface area contributed by atoms with Gasteiger partial charge in [-0.3, -0.25) is 14.4 Å². The molecule has 2 aromatic carbocycles. The highest BCUT2D eigenvalue weighted by molar-refractivity contribution is 6.18. The molecule has 2 unspecified atom stereocenters. The van der Waals surface area contributed by atoms with Crippen molar-refractivity contribution >= 4 is 40.6 Å². The number of hydrogen-bond donors (Lipinski definition) is 5. The van der Waals surface area contributed by atoms with Crippen molar-refractivity contribution in [2.75, 3.05) is 5.32 Å². The lowest BCUT2D eigenvalue weighted by molar-refractivity contribution is -0.134. The van der Waals surface area contributed by atoms with Crippen LogP contribution in [0.3, 0.4) is 0 Å². The Morgan fingerprint density at radius 2 is 1.92 bits per heavy atom. The van der Waals surface area contributed by atoms with Crippen LogP contribution < -0.4 is 10.7 Å². The van der Waals surface area contributed by atoms with Crippen molar-refractivity contribution in [2.45, 2.75) is 26.7 Å². The van der Waals surface area contributed by atoms with Crippen molar-refractivity contribution in [3.63, 3.8) is 0 Å². The maximum atomic E-state index is 12.8. The van der Waals surface area contributed by atoms with E-state index in [9.17, 15) is 9.59 Å². The van der Waals surface area contributed by atoms with Gasteiger partial charge in [0.2, 0.25) is 5.91 Å².